The van der Waals surface area contributed by atoms with Crippen molar-refractivity contribution in [2.75, 3.05) is 12.4 Å². The van der Waals surface area contributed by atoms with E-state index in [9.17, 15) is 18.0 Å². The number of carbonyl (C=O) groups is 2. The molecule has 0 aromatic heterocycles. The fraction of sp³-hybridized carbons (Fsp3) is 0.818. The second kappa shape index (κ2) is 6.17. The Hall–Kier alpha value is -1.11. The molecule has 1 unspecified atom stereocenters. The van der Waals surface area contributed by atoms with Crippen LogP contribution in [0.3, 0.4) is 0 Å². The van der Waals surface area contributed by atoms with Gasteiger partial charge < -0.3 is 10.1 Å². The fourth-order valence-electron chi connectivity index (χ4n) is 1.58. The molecule has 0 radical (unpaired) electrons. The van der Waals surface area contributed by atoms with E-state index in [-0.39, 0.29) is 19.1 Å². The number of ether oxygens (including phenoxy) is 1. The van der Waals surface area contributed by atoms with Crippen LogP contribution in [0.25, 0.3) is 0 Å². The molecule has 18 heavy (non-hydrogen) atoms. The molecule has 0 saturated heterocycles. The smallest absolute Gasteiger partial charge is 0.324 e. The van der Waals surface area contributed by atoms with E-state index in [1.54, 1.807) is 13.8 Å². The van der Waals surface area contributed by atoms with Gasteiger partial charge in [0.2, 0.25) is 5.91 Å². The van der Waals surface area contributed by atoms with Gasteiger partial charge in [0.05, 0.1) is 6.61 Å². The number of nitrogens with one attached hydrogen (secondary N) is 1. The van der Waals surface area contributed by atoms with E-state index < -0.39 is 32.7 Å². The third-order valence-electron chi connectivity index (χ3n) is 2.63. The van der Waals surface area contributed by atoms with Gasteiger partial charge in [0.25, 0.3) is 0 Å². The summed E-state index contributed by atoms with van der Waals surface area (Å²) in [6, 6.07) is 0.107. The maximum Gasteiger partial charge on any atom is 0.324 e. The molecule has 0 aromatic carbocycles. The molecular weight excluding hydrogens is 258 g/mol. The first-order valence-electron chi connectivity index (χ1n) is 6.08. The highest BCUT2D eigenvalue weighted by atomic mass is 32.2. The Labute approximate surface area is 107 Å². The normalized spacial score (nSPS) is 17.0. The number of sulfone groups is 1. The molecule has 1 N–H and O–H groups in total. The van der Waals surface area contributed by atoms with Crippen molar-refractivity contribution in [3.63, 3.8) is 0 Å². The topological polar surface area (TPSA) is 89.5 Å². The van der Waals surface area contributed by atoms with Gasteiger partial charge in [-0.15, -0.1) is 0 Å². The van der Waals surface area contributed by atoms with E-state index in [4.69, 9.17) is 4.74 Å². The first-order valence-corrected chi connectivity index (χ1v) is 7.79. The van der Waals surface area contributed by atoms with Crippen molar-refractivity contribution in [2.45, 2.75) is 44.4 Å². The molecule has 1 atom stereocenters. The van der Waals surface area contributed by atoms with Crippen molar-refractivity contribution in [3.8, 4) is 0 Å². The van der Waals surface area contributed by atoms with Crippen LogP contribution in [0.1, 0.15) is 33.1 Å². The van der Waals surface area contributed by atoms with Crippen LogP contribution < -0.4 is 5.32 Å². The first kappa shape index (κ1) is 14.9. The molecule has 6 nitrogen and oxygen atoms in total. The number of rotatable bonds is 7. The summed E-state index contributed by atoms with van der Waals surface area (Å²) in [5.41, 5.74) is 0. The third-order valence-corrected chi connectivity index (χ3v) is 4.69. The second-order valence-corrected chi connectivity index (χ2v) is 6.48. The highest BCUT2D eigenvalue weighted by molar-refractivity contribution is 7.93. The van der Waals surface area contributed by atoms with Crippen molar-refractivity contribution < 1.29 is 22.7 Å². The summed E-state index contributed by atoms with van der Waals surface area (Å²) >= 11 is 0. The molecule has 0 bridgehead atoms. The van der Waals surface area contributed by atoms with Gasteiger partial charge in [-0.05, 0) is 26.2 Å². The van der Waals surface area contributed by atoms with Crippen molar-refractivity contribution in [3.05, 3.63) is 0 Å². The predicted octanol–water partition coefficient (Wildman–Crippen LogP) is 0.0215. The Kier molecular flexibility index (Phi) is 5.13. The van der Waals surface area contributed by atoms with Crippen LogP contribution in [0.4, 0.5) is 0 Å². The van der Waals surface area contributed by atoms with Crippen LogP contribution in [0.15, 0.2) is 0 Å². The maximum atomic E-state index is 11.9. The zero-order valence-electron chi connectivity index (χ0n) is 10.6. The Balaban J connectivity index is 2.63. The van der Waals surface area contributed by atoms with Gasteiger partial charge in [0, 0.05) is 6.04 Å². The van der Waals surface area contributed by atoms with Gasteiger partial charge in [0.15, 0.2) is 15.1 Å². The molecule has 1 saturated carbocycles. The lowest BCUT2D eigenvalue weighted by Gasteiger charge is -2.14. The van der Waals surface area contributed by atoms with E-state index in [2.05, 4.69) is 5.32 Å². The SMILES string of the molecule is CCOC(=O)C(CC)S(=O)(=O)CC(=O)NC1CC1. The van der Waals surface area contributed by atoms with Gasteiger partial charge in [-0.3, -0.25) is 9.59 Å². The third kappa shape index (κ3) is 4.29. The summed E-state index contributed by atoms with van der Waals surface area (Å²) in [6.07, 6.45) is 1.89. The molecule has 1 amide bonds. The lowest BCUT2D eigenvalue weighted by atomic mass is 10.3. The molecule has 0 heterocycles. The van der Waals surface area contributed by atoms with Crippen LogP contribution in [0.2, 0.25) is 0 Å². The molecule has 1 rings (SSSR count). The highest BCUT2D eigenvalue weighted by Crippen LogP contribution is 2.18. The lowest BCUT2D eigenvalue weighted by molar-refractivity contribution is -0.142. The summed E-state index contributed by atoms with van der Waals surface area (Å²) in [5, 5.41) is 1.34. The van der Waals surface area contributed by atoms with Crippen LogP contribution in [-0.4, -0.2) is 43.9 Å². The molecule has 1 aliphatic rings. The van der Waals surface area contributed by atoms with Gasteiger partial charge >= 0.3 is 5.97 Å². The summed E-state index contributed by atoms with van der Waals surface area (Å²) in [4.78, 5) is 23.0. The van der Waals surface area contributed by atoms with Crippen molar-refractivity contribution >= 4 is 21.7 Å². The van der Waals surface area contributed by atoms with Gasteiger partial charge in [-0.25, -0.2) is 8.42 Å². The van der Waals surface area contributed by atoms with Crippen LogP contribution in [-0.2, 0) is 24.2 Å². The van der Waals surface area contributed by atoms with E-state index in [0.717, 1.165) is 12.8 Å². The zero-order chi connectivity index (χ0) is 13.8. The number of carbonyl (C=O) groups excluding carboxylic acids is 2. The average molecular weight is 277 g/mol. The van der Waals surface area contributed by atoms with Crippen molar-refractivity contribution in [1.82, 2.24) is 5.32 Å². The molecule has 0 aliphatic heterocycles. The Bertz CT molecular complexity index is 413. The molecule has 7 heteroatoms. The van der Waals surface area contributed by atoms with E-state index >= 15 is 0 Å². The number of esters is 1. The van der Waals surface area contributed by atoms with Gasteiger partial charge in [0.1, 0.15) is 5.75 Å². The van der Waals surface area contributed by atoms with Crippen molar-refractivity contribution in [1.29, 1.82) is 0 Å². The molecular formula is C11H19NO5S. The number of hydrogen-bond donors (Lipinski definition) is 1. The lowest BCUT2D eigenvalue weighted by Crippen LogP contribution is -2.39. The Morgan fingerprint density at radius 1 is 1.33 bits per heavy atom. The minimum Gasteiger partial charge on any atom is -0.465 e. The number of amides is 1. The van der Waals surface area contributed by atoms with Crippen LogP contribution in [0, 0.1) is 0 Å². The van der Waals surface area contributed by atoms with Gasteiger partial charge in [-0.2, -0.15) is 0 Å². The molecule has 1 fully saturated rings. The van der Waals surface area contributed by atoms with Gasteiger partial charge in [-0.1, -0.05) is 6.92 Å². The largest absolute Gasteiger partial charge is 0.465 e. The average Bonchev–Trinajstić information content (AvgIpc) is 3.01. The zero-order valence-corrected chi connectivity index (χ0v) is 11.5. The number of hydrogen-bond acceptors (Lipinski definition) is 5. The summed E-state index contributed by atoms with van der Waals surface area (Å²) < 4.78 is 28.6. The van der Waals surface area contributed by atoms with E-state index in [0.29, 0.717) is 0 Å². The fourth-order valence-corrected chi connectivity index (χ4v) is 3.10. The minimum atomic E-state index is -3.80. The standard InChI is InChI=1S/C11H19NO5S/c1-3-9(11(14)17-4-2)18(15,16)7-10(13)12-8-5-6-8/h8-9H,3-7H2,1-2H3,(H,12,13). The van der Waals surface area contributed by atoms with E-state index in [1.807, 2.05) is 0 Å². The Morgan fingerprint density at radius 3 is 2.39 bits per heavy atom. The molecule has 0 aromatic rings. The Morgan fingerprint density at radius 2 is 1.94 bits per heavy atom. The summed E-state index contributed by atoms with van der Waals surface area (Å²) in [7, 11) is -3.80. The second-order valence-electron chi connectivity index (χ2n) is 4.30. The monoisotopic (exact) mass is 277 g/mol. The maximum absolute atomic E-state index is 11.9. The molecule has 1 aliphatic carbocycles. The summed E-state index contributed by atoms with van der Waals surface area (Å²) in [6.45, 7) is 3.31. The van der Waals surface area contributed by atoms with Crippen molar-refractivity contribution in [2.24, 2.45) is 0 Å². The van der Waals surface area contributed by atoms with Crippen LogP contribution in [0.5, 0.6) is 0 Å². The predicted molar refractivity (Wildman–Crippen MR) is 65.7 cm³/mol. The molecule has 0 spiro atoms. The summed E-state index contributed by atoms with van der Waals surface area (Å²) in [5.74, 6) is -1.97. The quantitative estimate of drug-likeness (QED) is 0.663. The minimum absolute atomic E-state index is 0.107. The highest BCUT2D eigenvalue weighted by Gasteiger charge is 2.35. The molecule has 104 valence electrons. The van der Waals surface area contributed by atoms with E-state index in [1.165, 1.54) is 0 Å². The first-order chi connectivity index (χ1) is 8.40. The van der Waals surface area contributed by atoms with Crippen LogP contribution >= 0.6 is 0 Å².